The normalized spacial score (nSPS) is 20.4. The number of amides is 1. The first-order valence-electron chi connectivity index (χ1n) is 12.7. The summed E-state index contributed by atoms with van der Waals surface area (Å²) in [7, 11) is 0. The lowest BCUT2D eigenvalue weighted by Gasteiger charge is -2.29. The van der Waals surface area contributed by atoms with Crippen molar-refractivity contribution in [2.24, 2.45) is 20.8 Å². The first kappa shape index (κ1) is 30.7. The van der Waals surface area contributed by atoms with Crippen LogP contribution in [-0.2, 0) is 19.2 Å². The van der Waals surface area contributed by atoms with Crippen LogP contribution in [-0.4, -0.2) is 81.3 Å². The van der Waals surface area contributed by atoms with Gasteiger partial charge in [0, 0.05) is 62.3 Å². The Balaban J connectivity index is 2.14. The van der Waals surface area contributed by atoms with Gasteiger partial charge in [-0.15, -0.1) is 0 Å². The van der Waals surface area contributed by atoms with Crippen molar-refractivity contribution in [2.75, 3.05) is 26.2 Å². The van der Waals surface area contributed by atoms with E-state index < -0.39 is 11.9 Å². The van der Waals surface area contributed by atoms with Crippen LogP contribution in [0, 0.1) is 10.8 Å². The van der Waals surface area contributed by atoms with Gasteiger partial charge in [0.1, 0.15) is 11.5 Å². The van der Waals surface area contributed by atoms with Crippen LogP contribution in [0.3, 0.4) is 0 Å². The van der Waals surface area contributed by atoms with Gasteiger partial charge in [-0.1, -0.05) is 27.7 Å². The Kier molecular flexibility index (Phi) is 9.94. The molecule has 0 unspecified atom stereocenters. The minimum absolute atomic E-state index is 0.00726. The van der Waals surface area contributed by atoms with Crippen molar-refractivity contribution in [3.05, 3.63) is 34.8 Å². The molecule has 0 aromatic carbocycles. The molecule has 2 rings (SSSR count). The molecule has 0 aromatic heterocycles. The molecule has 208 valence electrons. The average Bonchev–Trinajstić information content (AvgIpc) is 2.73. The standard InChI is InChI=1S/C28H39N3O7/c1-17(25-19(32)13-27(3,4)14-20(25)33)29-9-11-31(23(36)7-8-24(37)38)12-10-30-18(2)26-21(34)15-28(5,6)16-22(26)35/h7-8,32,34H,9-16H2,1-6H3,(H,37,38). The van der Waals surface area contributed by atoms with Crippen LogP contribution in [0.5, 0.6) is 0 Å². The summed E-state index contributed by atoms with van der Waals surface area (Å²) in [6, 6.07) is 0. The molecule has 0 saturated carbocycles. The van der Waals surface area contributed by atoms with E-state index in [1.807, 2.05) is 27.7 Å². The monoisotopic (exact) mass is 529 g/mol. The quantitative estimate of drug-likeness (QED) is 0.287. The molecule has 3 N–H and O–H groups in total. The third-order valence-corrected chi connectivity index (χ3v) is 6.55. The number of carboxylic acids is 1. The number of allylic oxidation sites excluding steroid dienone is 4. The molecule has 1 amide bonds. The molecule has 0 aliphatic heterocycles. The summed E-state index contributed by atoms with van der Waals surface area (Å²) in [5.74, 6) is -2.16. The Bertz CT molecular complexity index is 1080. The van der Waals surface area contributed by atoms with Crippen LogP contribution in [0.15, 0.2) is 44.8 Å². The van der Waals surface area contributed by atoms with Gasteiger partial charge in [-0.25, -0.2) is 4.79 Å². The van der Waals surface area contributed by atoms with Crippen LogP contribution >= 0.6 is 0 Å². The number of ketones is 2. The number of Topliss-reactive ketones (excluding diaryl/α,β-unsaturated/α-hetero) is 2. The summed E-state index contributed by atoms with van der Waals surface area (Å²) in [6.07, 6.45) is 3.02. The average molecular weight is 530 g/mol. The third-order valence-electron chi connectivity index (χ3n) is 6.55. The van der Waals surface area contributed by atoms with Crippen LogP contribution in [0.2, 0.25) is 0 Å². The van der Waals surface area contributed by atoms with Gasteiger partial charge in [0.25, 0.3) is 0 Å². The fourth-order valence-corrected chi connectivity index (χ4v) is 4.81. The summed E-state index contributed by atoms with van der Waals surface area (Å²) in [5, 5.41) is 29.7. The fraction of sp³-hybridized carbons (Fsp3) is 0.571. The molecule has 0 aromatic rings. The molecule has 10 heteroatoms. The predicted octanol–water partition coefficient (Wildman–Crippen LogP) is 3.78. The van der Waals surface area contributed by atoms with Gasteiger partial charge in [0.15, 0.2) is 11.6 Å². The second-order valence-electron chi connectivity index (χ2n) is 11.5. The largest absolute Gasteiger partial charge is 0.511 e. The number of carbonyl (C=O) groups is 4. The summed E-state index contributed by atoms with van der Waals surface area (Å²) >= 11 is 0. The van der Waals surface area contributed by atoms with E-state index in [1.54, 1.807) is 13.8 Å². The van der Waals surface area contributed by atoms with Crippen molar-refractivity contribution in [3.8, 4) is 0 Å². The van der Waals surface area contributed by atoms with E-state index in [1.165, 1.54) is 4.90 Å². The van der Waals surface area contributed by atoms with Gasteiger partial charge >= 0.3 is 5.97 Å². The third kappa shape index (κ3) is 8.49. The summed E-state index contributed by atoms with van der Waals surface area (Å²) in [6.45, 7) is 11.4. The van der Waals surface area contributed by atoms with Crippen LogP contribution in [0.1, 0.15) is 67.2 Å². The predicted molar refractivity (Wildman–Crippen MR) is 145 cm³/mol. The van der Waals surface area contributed by atoms with Crippen molar-refractivity contribution in [3.63, 3.8) is 0 Å². The minimum atomic E-state index is -1.26. The van der Waals surface area contributed by atoms with E-state index in [2.05, 4.69) is 9.98 Å². The van der Waals surface area contributed by atoms with Crippen molar-refractivity contribution in [1.29, 1.82) is 0 Å². The molecule has 0 atom stereocenters. The summed E-state index contributed by atoms with van der Waals surface area (Å²) in [5.41, 5.74) is 0.532. The number of rotatable bonds is 10. The SMILES string of the molecule is CC(=NCCN(CCN=C(C)C1=C(O)CC(C)(C)CC1=O)C(=O)C=CC(=O)O)C1=C(O)CC(C)(C)CC1=O. The number of carbonyl (C=O) groups excluding carboxylic acids is 3. The molecular formula is C28H39N3O7. The number of aliphatic imine (C=N–C) groups is 2. The zero-order valence-electron chi connectivity index (χ0n) is 23.1. The highest BCUT2D eigenvalue weighted by Crippen LogP contribution is 2.37. The van der Waals surface area contributed by atoms with Gasteiger partial charge in [-0.3, -0.25) is 24.4 Å². The Morgan fingerprint density at radius 3 is 1.53 bits per heavy atom. The molecule has 10 nitrogen and oxygen atoms in total. The molecule has 2 aliphatic rings. The Hall–Kier alpha value is -3.56. The molecule has 0 radical (unpaired) electrons. The Morgan fingerprint density at radius 1 is 0.789 bits per heavy atom. The smallest absolute Gasteiger partial charge is 0.328 e. The number of aliphatic hydroxyl groups excluding tert-OH is 2. The molecule has 0 saturated heterocycles. The van der Waals surface area contributed by atoms with Gasteiger partial charge < -0.3 is 20.2 Å². The lowest BCUT2D eigenvalue weighted by atomic mass is 9.76. The van der Waals surface area contributed by atoms with Crippen molar-refractivity contribution in [2.45, 2.75) is 67.2 Å². The van der Waals surface area contributed by atoms with E-state index in [-0.39, 0.29) is 71.2 Å². The molecule has 0 spiro atoms. The number of aliphatic carboxylic acids is 1. The number of carboxylic acid groups (broad SMARTS) is 1. The molecule has 38 heavy (non-hydrogen) atoms. The van der Waals surface area contributed by atoms with Crippen LogP contribution in [0.4, 0.5) is 0 Å². The molecule has 2 aliphatic carbocycles. The second kappa shape index (κ2) is 12.3. The van der Waals surface area contributed by atoms with Gasteiger partial charge in [-0.2, -0.15) is 0 Å². The van der Waals surface area contributed by atoms with E-state index >= 15 is 0 Å². The highest BCUT2D eigenvalue weighted by molar-refractivity contribution is 6.23. The van der Waals surface area contributed by atoms with E-state index in [0.717, 1.165) is 12.2 Å². The maximum Gasteiger partial charge on any atom is 0.328 e. The molecule has 0 bridgehead atoms. The van der Waals surface area contributed by atoms with Crippen LogP contribution < -0.4 is 0 Å². The highest BCUT2D eigenvalue weighted by atomic mass is 16.4. The van der Waals surface area contributed by atoms with Crippen molar-refractivity contribution < 1.29 is 34.5 Å². The maximum absolute atomic E-state index is 12.6. The Labute approximate surface area is 223 Å². The maximum atomic E-state index is 12.6. The van der Waals surface area contributed by atoms with E-state index in [4.69, 9.17) is 5.11 Å². The molecule has 0 heterocycles. The first-order valence-corrected chi connectivity index (χ1v) is 12.7. The van der Waals surface area contributed by atoms with E-state index in [0.29, 0.717) is 37.1 Å². The van der Waals surface area contributed by atoms with Gasteiger partial charge in [0.05, 0.1) is 24.2 Å². The number of hydrogen-bond acceptors (Lipinski definition) is 8. The van der Waals surface area contributed by atoms with Crippen LogP contribution in [0.25, 0.3) is 0 Å². The van der Waals surface area contributed by atoms with Gasteiger partial charge in [-0.05, 0) is 24.7 Å². The summed E-state index contributed by atoms with van der Waals surface area (Å²) in [4.78, 5) is 58.7. The first-order chi connectivity index (χ1) is 17.5. The van der Waals surface area contributed by atoms with Crippen molar-refractivity contribution in [1.82, 2.24) is 4.90 Å². The van der Waals surface area contributed by atoms with Crippen molar-refractivity contribution >= 4 is 34.9 Å². The Morgan fingerprint density at radius 2 is 1.18 bits per heavy atom. The number of hydrogen-bond donors (Lipinski definition) is 3. The number of nitrogens with zero attached hydrogens (tertiary/aromatic N) is 3. The zero-order valence-corrected chi connectivity index (χ0v) is 23.1. The molecule has 0 fully saturated rings. The lowest BCUT2D eigenvalue weighted by molar-refractivity contribution is -0.132. The fourth-order valence-electron chi connectivity index (χ4n) is 4.81. The topological polar surface area (TPSA) is 157 Å². The lowest BCUT2D eigenvalue weighted by Crippen LogP contribution is -2.35. The molecular weight excluding hydrogens is 490 g/mol. The minimum Gasteiger partial charge on any atom is -0.511 e. The second-order valence-corrected chi connectivity index (χ2v) is 11.5. The number of aliphatic hydroxyl groups is 2. The summed E-state index contributed by atoms with van der Waals surface area (Å²) < 4.78 is 0. The van der Waals surface area contributed by atoms with Gasteiger partial charge in [0.2, 0.25) is 5.91 Å². The van der Waals surface area contributed by atoms with E-state index in [9.17, 15) is 29.4 Å². The zero-order chi connectivity index (χ0) is 28.8. The highest BCUT2D eigenvalue weighted by Gasteiger charge is 2.35.